The van der Waals surface area contributed by atoms with Crippen molar-refractivity contribution >= 4 is 90.7 Å². The van der Waals surface area contributed by atoms with Crippen LogP contribution < -0.4 is 33.0 Å². The third-order valence-electron chi connectivity index (χ3n) is 12.4. The quantitative estimate of drug-likeness (QED) is 0.0148. The van der Waals surface area contributed by atoms with Gasteiger partial charge in [0, 0.05) is 119 Å². The Kier molecular flexibility index (Phi) is 55.4. The Hall–Kier alpha value is -5.99. The standard InChI is InChI=1S/C26H49N5O8.C12H22N2O4.C10H24N2S2.C6H7N3O2.2CO2/c1-22(32)29(37)19-9-3-2-6-12-23(33)13-15-25(35)30(38)21-11-5-8-18-28-24(34)14-16-26(36)31(39)20-10-4-7-17-27;1-13(2)9-5-3-4-6-10(9)14(7-11(15)16)8-12(17)18;1-9(2,13)7-11-5-6-12-8-10(3,4)14;7-9-5-2-1-4(3-8-5)6(10)11;2*2-1-3/h37-39H,2-21,27H2,1H3,(H,28,34);9-10H,3-8H2,1-2H3,(H,15,16)(H,17,18);11-14H,5-8H2,1-4H3;1-3H,7H2,(H,8,9)(H,10,11);;/t;9-,10-;;;;/m.0..../s1. The van der Waals surface area contributed by atoms with Gasteiger partial charge in [0.05, 0.1) is 18.7 Å². The van der Waals surface area contributed by atoms with Crippen molar-refractivity contribution in [1.29, 1.82) is 0 Å². The molecule has 14 N–H and O–H groups in total. The molecule has 0 saturated heterocycles. The molecule has 1 fully saturated rings. The van der Waals surface area contributed by atoms with Crippen LogP contribution in [0, 0.1) is 0 Å². The van der Waals surface area contributed by atoms with Crippen LogP contribution in [0.1, 0.15) is 167 Å². The van der Waals surface area contributed by atoms with Gasteiger partial charge in [0.1, 0.15) is 11.6 Å². The molecule has 1 aromatic rings. The highest BCUT2D eigenvalue weighted by Gasteiger charge is 2.33. The highest BCUT2D eigenvalue weighted by molar-refractivity contribution is 7.82. The van der Waals surface area contributed by atoms with E-state index in [1.807, 2.05) is 14.1 Å². The number of Topliss-reactive ketones (excluding diaryl/α,β-unsaturated/α-hetero) is 1. The van der Waals surface area contributed by atoms with Gasteiger partial charge < -0.3 is 47.3 Å². The number of hydrogen-bond donors (Lipinski definition) is 14. The molecule has 1 aliphatic rings. The number of unbranched alkanes of at least 4 members (excludes halogenated alkanes) is 7. The van der Waals surface area contributed by atoms with Crippen LogP contribution in [0.5, 0.6) is 0 Å². The number of pyridine rings is 1. The third kappa shape index (κ3) is 56.5. The second kappa shape index (κ2) is 55.1. The zero-order valence-corrected chi connectivity index (χ0v) is 54.2. The fourth-order valence-electron chi connectivity index (χ4n) is 7.99. The van der Waals surface area contributed by atoms with Gasteiger partial charge in [-0.15, -0.1) is 0 Å². The summed E-state index contributed by atoms with van der Waals surface area (Å²) in [5, 5.41) is 66.4. The van der Waals surface area contributed by atoms with Crippen molar-refractivity contribution in [1.82, 2.24) is 45.9 Å². The van der Waals surface area contributed by atoms with Crippen LogP contribution in [-0.4, -0.2) is 228 Å². The first-order chi connectivity index (χ1) is 41.3. The third-order valence-corrected chi connectivity index (χ3v) is 12.7. The molecule has 0 radical (unpaired) electrons. The minimum absolute atomic E-state index is 0.0140. The first kappa shape index (κ1) is 88.4. The maximum absolute atomic E-state index is 12.0. The van der Waals surface area contributed by atoms with E-state index in [1.165, 1.54) is 25.3 Å². The number of nitrogens with one attached hydrogen (secondary N) is 4. The molecule has 506 valence electrons. The van der Waals surface area contributed by atoms with E-state index >= 15 is 0 Å². The van der Waals surface area contributed by atoms with E-state index in [0.717, 1.165) is 77.5 Å². The Morgan fingerprint density at radius 2 is 1.07 bits per heavy atom. The summed E-state index contributed by atoms with van der Waals surface area (Å²) in [6, 6.07) is 3.16. The van der Waals surface area contributed by atoms with Gasteiger partial charge in [0.2, 0.25) is 23.6 Å². The average molecular weight is 1300 g/mol. The molecule has 30 nitrogen and oxygen atoms in total. The zero-order valence-electron chi connectivity index (χ0n) is 52.4. The molecular weight excluding hydrogens is 1190 g/mol. The molecular formula is C56H102N12O18S2. The average Bonchev–Trinajstić information content (AvgIpc) is 3.43. The van der Waals surface area contributed by atoms with Crippen molar-refractivity contribution in [2.24, 2.45) is 11.6 Å². The summed E-state index contributed by atoms with van der Waals surface area (Å²) in [4.78, 5) is 130. The van der Waals surface area contributed by atoms with E-state index in [9.17, 15) is 54.0 Å². The number of anilines is 1. The number of carbonyl (C=O) groups is 8. The molecule has 32 heteroatoms. The van der Waals surface area contributed by atoms with Crippen LogP contribution in [0.3, 0.4) is 0 Å². The van der Waals surface area contributed by atoms with Gasteiger partial charge in [-0.1, -0.05) is 32.1 Å². The Morgan fingerprint density at radius 3 is 1.48 bits per heavy atom. The second-order valence-electron chi connectivity index (χ2n) is 21.7. The lowest BCUT2D eigenvalue weighted by Gasteiger charge is -2.41. The van der Waals surface area contributed by atoms with Crippen LogP contribution in [-0.2, 0) is 52.7 Å². The molecule has 1 aliphatic carbocycles. The van der Waals surface area contributed by atoms with Gasteiger partial charge in [0.15, 0.2) is 0 Å². The smallest absolute Gasteiger partial charge is 0.373 e. The number of hydrogen-bond acceptors (Lipinski definition) is 25. The van der Waals surface area contributed by atoms with E-state index in [2.05, 4.69) is 84.2 Å². The second-order valence-corrected chi connectivity index (χ2v) is 24.2. The maximum Gasteiger partial charge on any atom is 0.373 e. The SMILES string of the molecule is CC(=O)N(O)CCCCCCC(=O)CCC(=O)N(O)CCCCCNC(=O)CCC(=O)N(O)CCCCCN.CC(C)(S)CNCCNCC(C)(C)S.CN(C)[C@H]1CCCC[C@@H]1N(CC(=O)O)CC(=O)O.NNc1ccc(C(=O)O)cn1.O=C=O.O=C=O. The molecule has 0 unspecified atom stereocenters. The fourth-order valence-corrected chi connectivity index (χ4v) is 8.21. The van der Waals surface area contributed by atoms with Crippen LogP contribution >= 0.6 is 25.3 Å². The summed E-state index contributed by atoms with van der Waals surface area (Å²) < 4.78 is 0.144. The normalized spacial score (nSPS) is 13.2. The number of thiol groups is 2. The summed E-state index contributed by atoms with van der Waals surface area (Å²) >= 11 is 8.86. The summed E-state index contributed by atoms with van der Waals surface area (Å²) in [6.07, 6.45) is 13.0. The monoisotopic (exact) mass is 1290 g/mol. The van der Waals surface area contributed by atoms with Gasteiger partial charge in [-0.05, 0) is 118 Å². The van der Waals surface area contributed by atoms with Crippen molar-refractivity contribution in [3.8, 4) is 0 Å². The first-order valence-electron chi connectivity index (χ1n) is 29.1. The summed E-state index contributed by atoms with van der Waals surface area (Å²) in [5.41, 5.74) is 7.83. The van der Waals surface area contributed by atoms with Gasteiger partial charge >= 0.3 is 30.2 Å². The molecule has 88 heavy (non-hydrogen) atoms. The molecule has 0 spiro atoms. The predicted octanol–water partition coefficient (Wildman–Crippen LogP) is 2.97. The van der Waals surface area contributed by atoms with Crippen molar-refractivity contribution in [3.63, 3.8) is 0 Å². The fraction of sp³-hybridized carbons (Fsp3) is 0.732. The van der Waals surface area contributed by atoms with Crippen LogP contribution in [0.15, 0.2) is 18.3 Å². The number of carbonyl (C=O) groups excluding carboxylic acids is 9. The van der Waals surface area contributed by atoms with E-state index in [0.29, 0.717) is 79.0 Å². The van der Waals surface area contributed by atoms with Crippen molar-refractivity contribution in [2.45, 2.75) is 178 Å². The minimum atomic E-state index is -0.999. The van der Waals surface area contributed by atoms with Gasteiger partial charge in [-0.2, -0.15) is 44.4 Å². The number of likely N-dealkylation sites (N-methyl/N-ethyl adjacent to an activating group) is 1. The number of nitrogens with zero attached hydrogens (tertiary/aromatic N) is 6. The summed E-state index contributed by atoms with van der Waals surface area (Å²) in [5.74, 6) is 0.775. The lowest BCUT2D eigenvalue weighted by Crippen LogP contribution is -2.53. The van der Waals surface area contributed by atoms with Crippen molar-refractivity contribution in [2.75, 3.05) is 91.5 Å². The highest BCUT2D eigenvalue weighted by atomic mass is 32.1. The number of aromatic carboxylic acids is 1. The number of aliphatic carboxylic acids is 2. The summed E-state index contributed by atoms with van der Waals surface area (Å²) in [6.45, 7) is 14.7. The van der Waals surface area contributed by atoms with Gasteiger partial charge in [0.25, 0.3) is 0 Å². The zero-order chi connectivity index (χ0) is 68.1. The van der Waals surface area contributed by atoms with E-state index in [1.54, 1.807) is 4.90 Å². The summed E-state index contributed by atoms with van der Waals surface area (Å²) in [7, 11) is 3.92. The Bertz CT molecular complexity index is 2120. The van der Waals surface area contributed by atoms with Crippen molar-refractivity contribution < 1.29 is 88.5 Å². The molecule has 2 rings (SSSR count). The number of carboxylic acids is 3. The highest BCUT2D eigenvalue weighted by Crippen LogP contribution is 2.26. The Labute approximate surface area is 528 Å². The topological polar surface area (TPSA) is 455 Å². The van der Waals surface area contributed by atoms with Crippen LogP contribution in [0.4, 0.5) is 5.82 Å². The lowest BCUT2D eigenvalue weighted by atomic mass is 9.88. The molecule has 4 amide bonds. The molecule has 0 aliphatic heterocycles. The largest absolute Gasteiger partial charge is 0.480 e. The molecule has 2 atom stereocenters. The molecule has 1 aromatic heterocycles. The van der Waals surface area contributed by atoms with E-state index in [4.69, 9.17) is 46.1 Å². The maximum atomic E-state index is 12.0. The number of carboxylic acid groups (broad SMARTS) is 3. The predicted molar refractivity (Wildman–Crippen MR) is 330 cm³/mol. The molecule has 1 heterocycles. The lowest BCUT2D eigenvalue weighted by molar-refractivity contribution is -0.193. The molecule has 0 aromatic carbocycles. The number of rotatable bonds is 39. The van der Waals surface area contributed by atoms with Crippen LogP contribution in [0.25, 0.3) is 0 Å². The number of amides is 4. The Morgan fingerprint density at radius 1 is 0.625 bits per heavy atom. The number of nitrogen functional groups attached to an aromatic ring is 1. The van der Waals surface area contributed by atoms with Gasteiger partial charge in [-0.3, -0.25) is 54.1 Å². The first-order valence-corrected chi connectivity index (χ1v) is 30.0. The van der Waals surface area contributed by atoms with Gasteiger partial charge in [-0.25, -0.2) is 30.8 Å². The molecule has 1 saturated carbocycles. The number of aromatic nitrogens is 1. The number of ketones is 1. The minimum Gasteiger partial charge on any atom is -0.480 e. The van der Waals surface area contributed by atoms with Crippen LogP contribution in [0.2, 0.25) is 0 Å². The molecule has 0 bridgehead atoms. The Balaban J connectivity index is -0.000000587. The number of nitrogens with two attached hydrogens (primary N) is 2. The number of hydrazine groups is 1. The van der Waals surface area contributed by atoms with Crippen molar-refractivity contribution in [3.05, 3.63) is 23.9 Å². The van der Waals surface area contributed by atoms with E-state index in [-0.39, 0.29) is 110 Å². The number of hydroxylamine groups is 6. The van der Waals surface area contributed by atoms with E-state index < -0.39 is 35.6 Å².